The van der Waals surface area contributed by atoms with Gasteiger partial charge in [0, 0.05) is 29.9 Å². The minimum atomic E-state index is -1.10. The monoisotopic (exact) mass is 449 g/mol. The Morgan fingerprint density at radius 3 is 2.61 bits per heavy atom. The van der Waals surface area contributed by atoms with Gasteiger partial charge in [0.1, 0.15) is 0 Å². The van der Waals surface area contributed by atoms with Crippen molar-refractivity contribution in [2.75, 3.05) is 12.4 Å². The molecule has 1 aliphatic heterocycles. The van der Waals surface area contributed by atoms with Crippen molar-refractivity contribution in [1.29, 1.82) is 0 Å². The number of rotatable bonds is 5. The van der Waals surface area contributed by atoms with Crippen molar-refractivity contribution in [2.24, 2.45) is 0 Å². The van der Waals surface area contributed by atoms with Crippen LogP contribution in [0.1, 0.15) is 31.8 Å². The van der Waals surface area contributed by atoms with Crippen molar-refractivity contribution < 1.29 is 27.9 Å². The van der Waals surface area contributed by atoms with Crippen molar-refractivity contribution in [3.63, 3.8) is 0 Å². The number of fused-ring (bicyclic) bond motifs is 1. The molecule has 0 bridgehead atoms. The molecule has 7 nitrogen and oxygen atoms in total. The zero-order valence-corrected chi connectivity index (χ0v) is 17.3. The van der Waals surface area contributed by atoms with E-state index in [9.17, 15) is 23.2 Å². The Labute approximate surface area is 187 Å². The molecule has 0 unspecified atom stereocenters. The third kappa shape index (κ3) is 4.62. The molecule has 33 heavy (non-hydrogen) atoms. The second-order valence-electron chi connectivity index (χ2n) is 7.17. The number of pyridine rings is 1. The number of hydrogen-bond acceptors (Lipinski definition) is 5. The van der Waals surface area contributed by atoms with Gasteiger partial charge in [-0.25, -0.2) is 13.8 Å². The van der Waals surface area contributed by atoms with Gasteiger partial charge < -0.3 is 15.4 Å². The number of ketones is 1. The van der Waals surface area contributed by atoms with E-state index in [1.54, 1.807) is 18.3 Å². The number of ether oxygens (including phenoxy) is 1. The van der Waals surface area contributed by atoms with Crippen LogP contribution in [0.2, 0.25) is 0 Å². The van der Waals surface area contributed by atoms with Gasteiger partial charge in [-0.1, -0.05) is 12.1 Å². The van der Waals surface area contributed by atoms with E-state index in [1.165, 1.54) is 37.5 Å². The number of methoxy groups -OCH3 is 1. The van der Waals surface area contributed by atoms with Crippen molar-refractivity contribution in [1.82, 2.24) is 10.3 Å². The molecule has 166 valence electrons. The molecule has 0 saturated heterocycles. The molecule has 2 N–H and O–H groups in total. The number of benzene rings is 2. The first-order chi connectivity index (χ1) is 15.9. The molecule has 3 aromatic rings. The lowest BCUT2D eigenvalue weighted by Crippen LogP contribution is -2.28. The molecule has 0 atom stereocenters. The van der Waals surface area contributed by atoms with E-state index in [-0.39, 0.29) is 34.5 Å². The minimum absolute atomic E-state index is 0.113. The van der Waals surface area contributed by atoms with Gasteiger partial charge in [-0.2, -0.15) is 0 Å². The highest BCUT2D eigenvalue weighted by Gasteiger charge is 2.29. The Morgan fingerprint density at radius 1 is 1.09 bits per heavy atom. The number of nitrogens with one attached hydrogen (secondary N) is 2. The number of anilines is 1. The lowest BCUT2D eigenvalue weighted by molar-refractivity contribution is -0.112. The van der Waals surface area contributed by atoms with E-state index in [0.29, 0.717) is 5.88 Å². The van der Waals surface area contributed by atoms with Gasteiger partial charge >= 0.3 is 0 Å². The second-order valence-corrected chi connectivity index (χ2v) is 7.17. The van der Waals surface area contributed by atoms with E-state index in [1.807, 2.05) is 0 Å². The van der Waals surface area contributed by atoms with Crippen LogP contribution in [-0.4, -0.2) is 29.7 Å². The number of carbonyl (C=O) groups excluding carboxylic acids is 3. The molecule has 0 radical (unpaired) electrons. The van der Waals surface area contributed by atoms with Crippen LogP contribution in [0, 0.1) is 11.6 Å². The number of halogens is 2. The van der Waals surface area contributed by atoms with Crippen LogP contribution < -0.4 is 15.4 Å². The Hall–Kier alpha value is -4.40. The van der Waals surface area contributed by atoms with Gasteiger partial charge in [-0.05, 0) is 47.5 Å². The minimum Gasteiger partial charge on any atom is -0.481 e. The highest BCUT2D eigenvalue weighted by Crippen LogP contribution is 2.28. The average molecular weight is 449 g/mol. The standard InChI is InChI=1S/C24H17F2N3O4/c1-33-21-7-3-14(11-27-21)12-28-23(31)15-4-6-20-16(10-15)22(30)17(24(32)29-20)8-13-2-5-18(25)19(26)9-13/h2-11H,12H2,1H3,(H,28,31)(H,29,32). The maximum atomic E-state index is 13.5. The van der Waals surface area contributed by atoms with E-state index >= 15 is 0 Å². The summed E-state index contributed by atoms with van der Waals surface area (Å²) in [4.78, 5) is 42.0. The van der Waals surface area contributed by atoms with Crippen LogP contribution in [0.3, 0.4) is 0 Å². The van der Waals surface area contributed by atoms with Crippen molar-refractivity contribution in [3.05, 3.63) is 94.2 Å². The van der Waals surface area contributed by atoms with Crippen molar-refractivity contribution in [2.45, 2.75) is 6.54 Å². The van der Waals surface area contributed by atoms with Crippen LogP contribution in [0.15, 0.2) is 60.3 Å². The summed E-state index contributed by atoms with van der Waals surface area (Å²) in [7, 11) is 1.50. The summed E-state index contributed by atoms with van der Waals surface area (Å²) in [6, 6.07) is 10.8. The predicted octanol–water partition coefficient (Wildman–Crippen LogP) is 3.52. The molecule has 9 heteroatoms. The third-order valence-electron chi connectivity index (χ3n) is 4.98. The molecule has 2 aromatic carbocycles. The Balaban J connectivity index is 1.55. The second kappa shape index (κ2) is 8.99. The summed E-state index contributed by atoms with van der Waals surface area (Å²) in [6.45, 7) is 0.207. The molecular weight excluding hydrogens is 432 g/mol. The predicted molar refractivity (Wildman–Crippen MR) is 116 cm³/mol. The first-order valence-electron chi connectivity index (χ1n) is 9.79. The van der Waals surface area contributed by atoms with Crippen molar-refractivity contribution in [3.8, 4) is 5.88 Å². The number of hydrogen-bond donors (Lipinski definition) is 2. The molecule has 0 aliphatic carbocycles. The van der Waals surface area contributed by atoms with Gasteiger partial charge in [0.2, 0.25) is 11.7 Å². The Bertz CT molecular complexity index is 1300. The van der Waals surface area contributed by atoms with E-state index in [4.69, 9.17) is 4.74 Å². The maximum Gasteiger partial charge on any atom is 0.259 e. The van der Waals surface area contributed by atoms with Gasteiger partial charge in [0.05, 0.1) is 18.4 Å². The fourth-order valence-corrected chi connectivity index (χ4v) is 3.24. The van der Waals surface area contributed by atoms with Gasteiger partial charge in [0.15, 0.2) is 11.6 Å². The Morgan fingerprint density at radius 2 is 1.91 bits per heavy atom. The number of carbonyl (C=O) groups is 3. The molecule has 2 amide bonds. The molecule has 1 aromatic heterocycles. The van der Waals surface area contributed by atoms with Gasteiger partial charge in [-0.15, -0.1) is 0 Å². The molecule has 4 rings (SSSR count). The molecule has 0 fully saturated rings. The fourth-order valence-electron chi connectivity index (χ4n) is 3.24. The molecule has 0 saturated carbocycles. The van der Waals surface area contributed by atoms with Crippen LogP contribution in [0.25, 0.3) is 6.08 Å². The summed E-state index contributed by atoms with van der Waals surface area (Å²) in [5, 5.41) is 5.31. The number of amides is 2. The summed E-state index contributed by atoms with van der Waals surface area (Å²) in [6.07, 6.45) is 2.74. The topological polar surface area (TPSA) is 97.4 Å². The average Bonchev–Trinajstić information content (AvgIpc) is 2.82. The highest BCUT2D eigenvalue weighted by molar-refractivity contribution is 6.36. The van der Waals surface area contributed by atoms with Gasteiger partial charge in [0.25, 0.3) is 11.8 Å². The van der Waals surface area contributed by atoms with E-state index < -0.39 is 29.2 Å². The smallest absolute Gasteiger partial charge is 0.259 e. The summed E-state index contributed by atoms with van der Waals surface area (Å²) in [5.41, 5.74) is 1.23. The first kappa shape index (κ1) is 21.8. The molecule has 2 heterocycles. The lowest BCUT2D eigenvalue weighted by atomic mass is 9.93. The van der Waals surface area contributed by atoms with Crippen LogP contribution in [-0.2, 0) is 11.3 Å². The summed E-state index contributed by atoms with van der Waals surface area (Å²) in [5.74, 6) is -3.42. The third-order valence-corrected chi connectivity index (χ3v) is 4.98. The van der Waals surface area contributed by atoms with E-state index in [2.05, 4.69) is 15.6 Å². The SMILES string of the molecule is COc1ccc(CNC(=O)c2ccc3c(c2)C(=O)C(=Cc2ccc(F)c(F)c2)C(=O)N3)cn1. The zero-order chi connectivity index (χ0) is 23.5. The van der Waals surface area contributed by atoms with Crippen LogP contribution >= 0.6 is 0 Å². The lowest BCUT2D eigenvalue weighted by Gasteiger charge is -2.19. The summed E-state index contributed by atoms with van der Waals surface area (Å²) >= 11 is 0. The zero-order valence-electron chi connectivity index (χ0n) is 17.3. The number of aromatic nitrogens is 1. The quantitative estimate of drug-likeness (QED) is 0.459. The van der Waals surface area contributed by atoms with Crippen LogP contribution in [0.4, 0.5) is 14.5 Å². The van der Waals surface area contributed by atoms with Crippen molar-refractivity contribution >= 4 is 29.4 Å². The number of Topliss-reactive ketones (excluding diaryl/α,β-unsaturated/α-hetero) is 1. The Kier molecular flexibility index (Phi) is 5.95. The molecule has 1 aliphatic rings. The molecular formula is C24H17F2N3O4. The highest BCUT2D eigenvalue weighted by atomic mass is 19.2. The maximum absolute atomic E-state index is 13.5. The fraction of sp³-hybridized carbons (Fsp3) is 0.0833. The molecule has 0 spiro atoms. The van der Waals surface area contributed by atoms with E-state index in [0.717, 1.165) is 17.7 Å². The largest absolute Gasteiger partial charge is 0.481 e. The first-order valence-corrected chi connectivity index (χ1v) is 9.79. The number of nitrogens with zero attached hydrogens (tertiary/aromatic N) is 1. The van der Waals surface area contributed by atoms with Gasteiger partial charge in [-0.3, -0.25) is 14.4 Å². The normalized spacial score (nSPS) is 14.0. The summed E-state index contributed by atoms with van der Waals surface area (Å²) < 4.78 is 31.7. The van der Waals surface area contributed by atoms with Crippen LogP contribution in [0.5, 0.6) is 5.88 Å².